The number of nitrogens with two attached hydrogens (primary N) is 1. The zero-order chi connectivity index (χ0) is 10.7. The normalized spacial score (nSPS) is 10.5. The second-order valence-corrected chi connectivity index (χ2v) is 3.46. The van der Waals surface area contributed by atoms with Crippen molar-refractivity contribution in [2.24, 2.45) is 0 Å². The average molecular weight is 203 g/mol. The van der Waals surface area contributed by atoms with E-state index in [2.05, 4.69) is 10.2 Å². The molecule has 2 rings (SSSR count). The van der Waals surface area contributed by atoms with Gasteiger partial charge in [-0.05, 0) is 24.1 Å². The van der Waals surface area contributed by atoms with Crippen molar-refractivity contribution in [3.8, 4) is 0 Å². The van der Waals surface area contributed by atoms with Crippen molar-refractivity contribution in [1.82, 2.24) is 10.2 Å². The Hall–Kier alpha value is -1.84. The van der Waals surface area contributed by atoms with Crippen LogP contribution in [0.3, 0.4) is 0 Å². The molecule has 0 radical (unpaired) electrons. The van der Waals surface area contributed by atoms with Gasteiger partial charge in [-0.3, -0.25) is 0 Å². The molecule has 0 bridgehead atoms. The molecule has 0 fully saturated rings. The molecule has 0 aliphatic heterocycles. The van der Waals surface area contributed by atoms with Crippen molar-refractivity contribution in [2.45, 2.75) is 19.8 Å². The fourth-order valence-electron chi connectivity index (χ4n) is 1.37. The lowest BCUT2D eigenvalue weighted by Gasteiger charge is -1.98. The van der Waals surface area contributed by atoms with Crippen LogP contribution in [-0.4, -0.2) is 10.2 Å². The molecule has 0 amide bonds. The number of anilines is 1. The third-order valence-corrected chi connectivity index (χ3v) is 2.18. The predicted molar refractivity (Wildman–Crippen MR) is 57.3 cm³/mol. The first-order chi connectivity index (χ1) is 7.24. The molecule has 2 N–H and O–H groups in total. The SMILES string of the molecule is Cc1nnc(CCc2ccc(N)cc2)o1. The van der Waals surface area contributed by atoms with Crippen molar-refractivity contribution in [3.05, 3.63) is 41.6 Å². The van der Waals surface area contributed by atoms with Gasteiger partial charge in [0.15, 0.2) is 0 Å². The predicted octanol–water partition coefficient (Wildman–Crippen LogP) is 1.75. The zero-order valence-corrected chi connectivity index (χ0v) is 8.60. The van der Waals surface area contributed by atoms with Crippen LogP contribution in [0.1, 0.15) is 17.3 Å². The van der Waals surface area contributed by atoms with Crippen LogP contribution in [0.2, 0.25) is 0 Å². The van der Waals surface area contributed by atoms with E-state index in [4.69, 9.17) is 10.2 Å². The molecule has 0 spiro atoms. The van der Waals surface area contributed by atoms with E-state index < -0.39 is 0 Å². The average Bonchev–Trinajstić information content (AvgIpc) is 2.64. The van der Waals surface area contributed by atoms with E-state index >= 15 is 0 Å². The minimum absolute atomic E-state index is 0.613. The molecule has 0 aliphatic rings. The third kappa shape index (κ3) is 2.56. The summed E-state index contributed by atoms with van der Waals surface area (Å²) in [5.74, 6) is 1.30. The Morgan fingerprint density at radius 3 is 2.47 bits per heavy atom. The number of hydrogen-bond acceptors (Lipinski definition) is 4. The van der Waals surface area contributed by atoms with Gasteiger partial charge in [0.1, 0.15) is 0 Å². The summed E-state index contributed by atoms with van der Waals surface area (Å²) in [5.41, 5.74) is 7.60. The van der Waals surface area contributed by atoms with Crippen LogP contribution in [-0.2, 0) is 12.8 Å². The molecule has 0 saturated heterocycles. The van der Waals surface area contributed by atoms with Gasteiger partial charge in [0.2, 0.25) is 11.8 Å². The van der Waals surface area contributed by atoms with Crippen LogP contribution in [0.5, 0.6) is 0 Å². The number of nitrogens with zero attached hydrogens (tertiary/aromatic N) is 2. The minimum atomic E-state index is 0.613. The van der Waals surface area contributed by atoms with Crippen LogP contribution in [0.4, 0.5) is 5.69 Å². The van der Waals surface area contributed by atoms with Crippen molar-refractivity contribution in [3.63, 3.8) is 0 Å². The molecule has 1 heterocycles. The van der Waals surface area contributed by atoms with E-state index in [1.807, 2.05) is 24.3 Å². The van der Waals surface area contributed by atoms with E-state index in [1.165, 1.54) is 5.56 Å². The zero-order valence-electron chi connectivity index (χ0n) is 8.60. The molecule has 4 heteroatoms. The number of benzene rings is 1. The Balaban J connectivity index is 1.96. The molecular formula is C11H13N3O. The molecular weight excluding hydrogens is 190 g/mol. The van der Waals surface area contributed by atoms with Crippen LogP contribution in [0.25, 0.3) is 0 Å². The lowest BCUT2D eigenvalue weighted by Crippen LogP contribution is -1.92. The summed E-state index contributed by atoms with van der Waals surface area (Å²) in [6.07, 6.45) is 1.66. The third-order valence-electron chi connectivity index (χ3n) is 2.18. The number of hydrogen-bond donors (Lipinski definition) is 1. The quantitative estimate of drug-likeness (QED) is 0.772. The number of rotatable bonds is 3. The highest BCUT2D eigenvalue weighted by Crippen LogP contribution is 2.09. The first kappa shape index (κ1) is 9.71. The Morgan fingerprint density at radius 2 is 1.87 bits per heavy atom. The first-order valence-corrected chi connectivity index (χ1v) is 4.87. The number of nitrogen functional groups attached to an aromatic ring is 1. The summed E-state index contributed by atoms with van der Waals surface area (Å²) in [6.45, 7) is 1.79. The van der Waals surface area contributed by atoms with Gasteiger partial charge in [-0.25, -0.2) is 0 Å². The lowest BCUT2D eigenvalue weighted by molar-refractivity contribution is 0.467. The van der Waals surface area contributed by atoms with E-state index in [9.17, 15) is 0 Å². The molecule has 0 saturated carbocycles. The highest BCUT2D eigenvalue weighted by molar-refractivity contribution is 5.39. The number of aryl methyl sites for hydroxylation is 3. The monoisotopic (exact) mass is 203 g/mol. The highest BCUT2D eigenvalue weighted by atomic mass is 16.4. The molecule has 0 atom stereocenters. The maximum absolute atomic E-state index is 5.60. The van der Waals surface area contributed by atoms with E-state index in [-0.39, 0.29) is 0 Å². The van der Waals surface area contributed by atoms with Crippen LogP contribution >= 0.6 is 0 Å². The molecule has 4 nitrogen and oxygen atoms in total. The fraction of sp³-hybridized carbons (Fsp3) is 0.273. The van der Waals surface area contributed by atoms with E-state index in [0.29, 0.717) is 11.8 Å². The fourth-order valence-corrected chi connectivity index (χ4v) is 1.37. The summed E-state index contributed by atoms with van der Waals surface area (Å²) < 4.78 is 5.28. The van der Waals surface area contributed by atoms with Gasteiger partial charge in [0, 0.05) is 19.0 Å². The van der Waals surface area contributed by atoms with Gasteiger partial charge in [-0.2, -0.15) is 0 Å². The van der Waals surface area contributed by atoms with Gasteiger partial charge >= 0.3 is 0 Å². The molecule has 15 heavy (non-hydrogen) atoms. The van der Waals surface area contributed by atoms with Gasteiger partial charge in [0.05, 0.1) is 0 Å². The Labute approximate surface area is 88.1 Å². The second kappa shape index (κ2) is 4.13. The summed E-state index contributed by atoms with van der Waals surface area (Å²) >= 11 is 0. The standard InChI is InChI=1S/C11H13N3O/c1-8-13-14-11(15-8)7-4-9-2-5-10(12)6-3-9/h2-3,5-6H,4,7,12H2,1H3. The molecule has 78 valence electrons. The largest absolute Gasteiger partial charge is 0.426 e. The lowest BCUT2D eigenvalue weighted by atomic mass is 10.1. The van der Waals surface area contributed by atoms with Crippen molar-refractivity contribution < 1.29 is 4.42 Å². The van der Waals surface area contributed by atoms with Gasteiger partial charge in [-0.15, -0.1) is 10.2 Å². The van der Waals surface area contributed by atoms with Gasteiger partial charge < -0.3 is 10.2 Å². The van der Waals surface area contributed by atoms with E-state index in [0.717, 1.165) is 18.5 Å². The first-order valence-electron chi connectivity index (χ1n) is 4.87. The Kier molecular flexibility index (Phi) is 2.67. The molecule has 0 aliphatic carbocycles. The Morgan fingerprint density at radius 1 is 1.13 bits per heavy atom. The number of aromatic nitrogens is 2. The summed E-state index contributed by atoms with van der Waals surface area (Å²) in [5, 5.41) is 7.71. The van der Waals surface area contributed by atoms with Crippen molar-refractivity contribution >= 4 is 5.69 Å². The summed E-state index contributed by atoms with van der Waals surface area (Å²) in [7, 11) is 0. The van der Waals surface area contributed by atoms with Crippen LogP contribution < -0.4 is 5.73 Å². The van der Waals surface area contributed by atoms with Gasteiger partial charge in [-0.1, -0.05) is 12.1 Å². The second-order valence-electron chi connectivity index (χ2n) is 3.46. The molecule has 0 unspecified atom stereocenters. The maximum atomic E-state index is 5.60. The Bertz CT molecular complexity index is 433. The molecule has 2 aromatic rings. The topological polar surface area (TPSA) is 64.9 Å². The molecule has 1 aromatic heterocycles. The highest BCUT2D eigenvalue weighted by Gasteiger charge is 2.02. The minimum Gasteiger partial charge on any atom is -0.426 e. The molecule has 1 aromatic carbocycles. The van der Waals surface area contributed by atoms with Gasteiger partial charge in [0.25, 0.3) is 0 Å². The van der Waals surface area contributed by atoms with Crippen molar-refractivity contribution in [2.75, 3.05) is 5.73 Å². The van der Waals surface area contributed by atoms with Crippen molar-refractivity contribution in [1.29, 1.82) is 0 Å². The smallest absolute Gasteiger partial charge is 0.216 e. The van der Waals surface area contributed by atoms with Crippen LogP contribution in [0, 0.1) is 6.92 Å². The van der Waals surface area contributed by atoms with Crippen LogP contribution in [0.15, 0.2) is 28.7 Å². The summed E-state index contributed by atoms with van der Waals surface area (Å²) in [4.78, 5) is 0. The van der Waals surface area contributed by atoms with E-state index in [1.54, 1.807) is 6.92 Å². The summed E-state index contributed by atoms with van der Waals surface area (Å²) in [6, 6.07) is 7.82. The maximum Gasteiger partial charge on any atom is 0.216 e.